The maximum Gasteiger partial charge on any atom is 0.102 e. The van der Waals surface area contributed by atoms with Crippen LogP contribution in [0.2, 0.25) is 0 Å². The van der Waals surface area contributed by atoms with Gasteiger partial charge in [0.15, 0.2) is 0 Å². The molecular formula is C28H48O2. The van der Waals surface area contributed by atoms with E-state index in [1.54, 1.807) is 7.11 Å². The van der Waals surface area contributed by atoms with Gasteiger partial charge < -0.3 is 9.84 Å². The van der Waals surface area contributed by atoms with Crippen molar-refractivity contribution < 1.29 is 9.84 Å². The Morgan fingerprint density at radius 2 is 1.80 bits per heavy atom. The second-order valence-electron chi connectivity index (χ2n) is 12.5. The number of hydrogen-bond donors (Lipinski definition) is 1. The van der Waals surface area contributed by atoms with Crippen LogP contribution in [0.25, 0.3) is 0 Å². The topological polar surface area (TPSA) is 29.5 Å². The fraction of sp³-hybridized carbons (Fsp3) is 0.929. The summed E-state index contributed by atoms with van der Waals surface area (Å²) in [6.45, 7) is 12.4. The van der Waals surface area contributed by atoms with Gasteiger partial charge in [0, 0.05) is 7.11 Å². The Morgan fingerprint density at radius 3 is 2.50 bits per heavy atom. The molecule has 4 rings (SSSR count). The molecule has 9 atom stereocenters. The average molecular weight is 417 g/mol. The van der Waals surface area contributed by atoms with E-state index in [2.05, 4.69) is 40.7 Å². The van der Waals surface area contributed by atoms with Gasteiger partial charge in [-0.15, -0.1) is 0 Å². The minimum absolute atomic E-state index is 0.00252. The first-order valence-corrected chi connectivity index (χ1v) is 13.1. The van der Waals surface area contributed by atoms with Gasteiger partial charge in [-0.3, -0.25) is 0 Å². The molecule has 1 N–H and O–H groups in total. The molecule has 0 radical (unpaired) electrons. The lowest BCUT2D eigenvalue weighted by molar-refractivity contribution is -0.0879. The molecule has 0 aliphatic heterocycles. The predicted molar refractivity (Wildman–Crippen MR) is 125 cm³/mol. The molecule has 2 heteroatoms. The van der Waals surface area contributed by atoms with Crippen molar-refractivity contribution in [1.82, 2.24) is 0 Å². The summed E-state index contributed by atoms with van der Waals surface area (Å²) in [6, 6.07) is 0. The van der Waals surface area contributed by atoms with E-state index >= 15 is 0 Å². The molecule has 0 aromatic rings. The number of ether oxygens (including phenoxy) is 1. The van der Waals surface area contributed by atoms with E-state index in [0.29, 0.717) is 5.41 Å². The summed E-state index contributed by atoms with van der Waals surface area (Å²) in [5.74, 6) is 5.12. The van der Waals surface area contributed by atoms with E-state index in [1.165, 1.54) is 63.4 Å². The van der Waals surface area contributed by atoms with Crippen molar-refractivity contribution in [1.29, 1.82) is 0 Å². The van der Waals surface area contributed by atoms with E-state index in [1.807, 2.05) is 0 Å². The number of methoxy groups -OCH3 is 1. The number of allylic oxidation sites excluding steroid dienone is 1. The van der Waals surface area contributed by atoms with Gasteiger partial charge in [0.2, 0.25) is 0 Å². The highest BCUT2D eigenvalue weighted by Crippen LogP contribution is 2.67. The molecule has 0 saturated heterocycles. The minimum Gasteiger partial charge on any atom is -0.386 e. The molecule has 4 aliphatic carbocycles. The van der Waals surface area contributed by atoms with Crippen molar-refractivity contribution in [3.8, 4) is 0 Å². The number of aliphatic hydroxyl groups excluding tert-OH is 1. The lowest BCUT2D eigenvalue weighted by Gasteiger charge is -2.59. The Bertz CT molecular complexity index is 639. The Kier molecular flexibility index (Phi) is 6.50. The number of hydrogen-bond acceptors (Lipinski definition) is 2. The average Bonchev–Trinajstić information content (AvgIpc) is 3.05. The summed E-state index contributed by atoms with van der Waals surface area (Å²) in [4.78, 5) is 0. The quantitative estimate of drug-likeness (QED) is 0.472. The van der Waals surface area contributed by atoms with Gasteiger partial charge in [0.05, 0.1) is 6.10 Å². The lowest BCUT2D eigenvalue weighted by atomic mass is 9.46. The van der Waals surface area contributed by atoms with Crippen LogP contribution in [0.4, 0.5) is 0 Å². The van der Waals surface area contributed by atoms with Crippen LogP contribution >= 0.6 is 0 Å². The van der Waals surface area contributed by atoms with E-state index in [4.69, 9.17) is 4.74 Å². The molecule has 4 aliphatic rings. The van der Waals surface area contributed by atoms with Gasteiger partial charge in [-0.05, 0) is 96.9 Å². The Hall–Kier alpha value is -0.340. The van der Waals surface area contributed by atoms with Crippen LogP contribution in [0.1, 0.15) is 98.8 Å². The fourth-order valence-corrected chi connectivity index (χ4v) is 8.98. The maximum atomic E-state index is 11.0. The Balaban J connectivity index is 1.51. The summed E-state index contributed by atoms with van der Waals surface area (Å²) in [5.41, 5.74) is 2.06. The van der Waals surface area contributed by atoms with Crippen molar-refractivity contribution in [2.75, 3.05) is 7.11 Å². The lowest BCUT2D eigenvalue weighted by Crippen LogP contribution is -2.54. The zero-order valence-electron chi connectivity index (χ0n) is 20.6. The normalized spacial score (nSPS) is 46.7. The van der Waals surface area contributed by atoms with Gasteiger partial charge in [-0.1, -0.05) is 60.0 Å². The van der Waals surface area contributed by atoms with Crippen LogP contribution in [0.5, 0.6) is 0 Å². The fourth-order valence-electron chi connectivity index (χ4n) is 8.98. The number of rotatable bonds is 6. The smallest absolute Gasteiger partial charge is 0.102 e. The van der Waals surface area contributed by atoms with Crippen LogP contribution in [-0.2, 0) is 4.74 Å². The van der Waals surface area contributed by atoms with Crippen LogP contribution in [0.15, 0.2) is 11.6 Å². The van der Waals surface area contributed by atoms with Crippen LogP contribution in [-0.4, -0.2) is 24.4 Å². The highest BCUT2D eigenvalue weighted by molar-refractivity contribution is 5.29. The van der Waals surface area contributed by atoms with Crippen molar-refractivity contribution in [3.05, 3.63) is 11.6 Å². The molecule has 3 saturated carbocycles. The third-order valence-corrected chi connectivity index (χ3v) is 10.6. The van der Waals surface area contributed by atoms with Gasteiger partial charge in [0.1, 0.15) is 6.10 Å². The molecule has 0 bridgehead atoms. The Morgan fingerprint density at radius 1 is 1.03 bits per heavy atom. The molecule has 172 valence electrons. The second-order valence-corrected chi connectivity index (χ2v) is 12.5. The molecule has 0 spiro atoms. The summed E-state index contributed by atoms with van der Waals surface area (Å²) >= 11 is 0. The molecule has 0 heterocycles. The first-order chi connectivity index (χ1) is 14.2. The number of aliphatic hydroxyl groups is 1. The zero-order valence-corrected chi connectivity index (χ0v) is 20.6. The van der Waals surface area contributed by atoms with Crippen molar-refractivity contribution >= 4 is 0 Å². The predicted octanol–water partition coefficient (Wildman–Crippen LogP) is 7.01. The van der Waals surface area contributed by atoms with Gasteiger partial charge in [0.25, 0.3) is 0 Å². The van der Waals surface area contributed by atoms with Gasteiger partial charge in [-0.25, -0.2) is 0 Å². The highest BCUT2D eigenvalue weighted by atomic mass is 16.5. The first kappa shape index (κ1) is 22.8. The van der Waals surface area contributed by atoms with Crippen molar-refractivity contribution in [2.24, 2.45) is 46.3 Å². The summed E-state index contributed by atoms with van der Waals surface area (Å²) in [7, 11) is 1.76. The highest BCUT2D eigenvalue weighted by Gasteiger charge is 2.60. The summed E-state index contributed by atoms with van der Waals surface area (Å²) in [6.07, 6.45) is 15.3. The third-order valence-electron chi connectivity index (χ3n) is 10.6. The molecule has 2 nitrogen and oxygen atoms in total. The van der Waals surface area contributed by atoms with E-state index < -0.39 is 0 Å². The molecule has 4 unspecified atom stereocenters. The SMILES string of the molecule is CO[C@H]1CC[C@@]2(C)C(=CC[C@H]3C4CCC([C@H](C)CCCC(C)C)[C@@]4(C)CCC32)C1O. The molecule has 30 heavy (non-hydrogen) atoms. The largest absolute Gasteiger partial charge is 0.386 e. The van der Waals surface area contributed by atoms with Gasteiger partial charge in [-0.2, -0.15) is 0 Å². The molecule has 3 fully saturated rings. The maximum absolute atomic E-state index is 11.0. The summed E-state index contributed by atoms with van der Waals surface area (Å²) in [5, 5.41) is 11.0. The van der Waals surface area contributed by atoms with Crippen molar-refractivity contribution in [3.63, 3.8) is 0 Å². The zero-order chi connectivity index (χ0) is 21.7. The first-order valence-electron chi connectivity index (χ1n) is 13.1. The van der Waals surface area contributed by atoms with E-state index in [0.717, 1.165) is 41.9 Å². The second kappa shape index (κ2) is 8.54. The molecule has 0 amide bonds. The molecule has 0 aromatic heterocycles. The van der Waals surface area contributed by atoms with E-state index in [-0.39, 0.29) is 17.6 Å². The summed E-state index contributed by atoms with van der Waals surface area (Å²) < 4.78 is 5.62. The van der Waals surface area contributed by atoms with Crippen LogP contribution < -0.4 is 0 Å². The molecule has 0 aromatic carbocycles. The van der Waals surface area contributed by atoms with E-state index in [9.17, 15) is 5.11 Å². The standard InChI is InChI=1S/C28H48O2/c1-18(2)8-7-9-19(3)21-12-13-22-20-10-11-24-26(29)25(30-6)15-17-28(24,5)23(20)14-16-27(21,22)4/h11,18-23,25-26,29H,7-10,12-17H2,1-6H3/t19-,20+,21?,22?,23?,25+,26?,27-,28-/m1/s1. The van der Waals surface area contributed by atoms with Crippen molar-refractivity contribution in [2.45, 2.75) is 111 Å². The van der Waals surface area contributed by atoms with Crippen LogP contribution in [0.3, 0.4) is 0 Å². The molecular weight excluding hydrogens is 368 g/mol. The number of fused-ring (bicyclic) bond motifs is 5. The van der Waals surface area contributed by atoms with Crippen LogP contribution in [0, 0.1) is 46.3 Å². The third kappa shape index (κ3) is 3.62. The minimum atomic E-state index is -0.389. The Labute approximate surface area is 186 Å². The monoisotopic (exact) mass is 416 g/mol. The van der Waals surface area contributed by atoms with Gasteiger partial charge >= 0.3 is 0 Å².